The number of likely N-dealkylation sites (tertiary alicyclic amines) is 1. The Labute approximate surface area is 108 Å². The number of carbonyl (C=O) groups is 2. The molecule has 18 heavy (non-hydrogen) atoms. The molecule has 1 aliphatic heterocycles. The third-order valence-electron chi connectivity index (χ3n) is 4.30. The average molecular weight is 254 g/mol. The van der Waals surface area contributed by atoms with Crippen LogP contribution in [-0.4, -0.2) is 48.6 Å². The second-order valence-electron chi connectivity index (χ2n) is 5.55. The molecule has 3 unspecified atom stereocenters. The molecular formula is C13H22N2O3. The Morgan fingerprint density at radius 2 is 2.17 bits per heavy atom. The van der Waals surface area contributed by atoms with E-state index in [-0.39, 0.29) is 24.3 Å². The monoisotopic (exact) mass is 254 g/mol. The Kier molecular flexibility index (Phi) is 4.22. The summed E-state index contributed by atoms with van der Waals surface area (Å²) in [4.78, 5) is 24.9. The van der Waals surface area contributed by atoms with E-state index < -0.39 is 0 Å². The van der Waals surface area contributed by atoms with Gasteiger partial charge in [-0.3, -0.25) is 9.59 Å². The van der Waals surface area contributed by atoms with Crippen molar-refractivity contribution in [2.24, 2.45) is 17.8 Å². The van der Waals surface area contributed by atoms with Gasteiger partial charge in [-0.25, -0.2) is 0 Å². The first-order chi connectivity index (χ1) is 8.61. The smallest absolute Gasteiger partial charge is 0.225 e. The summed E-state index contributed by atoms with van der Waals surface area (Å²) in [6.07, 6.45) is 3.60. The highest BCUT2D eigenvalue weighted by Crippen LogP contribution is 2.30. The molecule has 0 bridgehead atoms. The first-order valence-electron chi connectivity index (χ1n) is 6.74. The fourth-order valence-corrected chi connectivity index (χ4v) is 3.04. The van der Waals surface area contributed by atoms with Gasteiger partial charge < -0.3 is 15.3 Å². The van der Waals surface area contributed by atoms with Crippen LogP contribution in [0.3, 0.4) is 0 Å². The molecule has 1 saturated carbocycles. The molecule has 1 saturated heterocycles. The van der Waals surface area contributed by atoms with E-state index in [1.54, 1.807) is 11.9 Å². The Bertz CT molecular complexity index is 332. The number of amides is 2. The number of nitrogens with one attached hydrogen (secondary N) is 1. The van der Waals surface area contributed by atoms with Gasteiger partial charge in [0.05, 0.1) is 5.92 Å². The second kappa shape index (κ2) is 5.69. The molecule has 0 radical (unpaired) electrons. The summed E-state index contributed by atoms with van der Waals surface area (Å²) in [7, 11) is 1.73. The Morgan fingerprint density at radius 1 is 1.44 bits per heavy atom. The van der Waals surface area contributed by atoms with E-state index >= 15 is 0 Å². The van der Waals surface area contributed by atoms with Gasteiger partial charge in [-0.05, 0) is 24.7 Å². The fraction of sp³-hybridized carbons (Fsp3) is 0.846. The maximum Gasteiger partial charge on any atom is 0.225 e. The Morgan fingerprint density at radius 3 is 2.78 bits per heavy atom. The van der Waals surface area contributed by atoms with Crippen LogP contribution in [0, 0.1) is 17.8 Å². The van der Waals surface area contributed by atoms with E-state index in [0.717, 1.165) is 19.3 Å². The second-order valence-corrected chi connectivity index (χ2v) is 5.55. The van der Waals surface area contributed by atoms with Crippen molar-refractivity contribution in [3.63, 3.8) is 0 Å². The lowest BCUT2D eigenvalue weighted by Gasteiger charge is -2.19. The maximum absolute atomic E-state index is 11.9. The van der Waals surface area contributed by atoms with Gasteiger partial charge in [0, 0.05) is 33.2 Å². The molecule has 1 heterocycles. The highest BCUT2D eigenvalue weighted by atomic mass is 16.3. The fourth-order valence-electron chi connectivity index (χ4n) is 3.04. The summed E-state index contributed by atoms with van der Waals surface area (Å²) >= 11 is 0. The molecule has 2 aliphatic rings. The molecule has 2 fully saturated rings. The Hall–Kier alpha value is -1.10. The van der Waals surface area contributed by atoms with Crippen molar-refractivity contribution >= 4 is 11.8 Å². The lowest BCUT2D eigenvalue weighted by Crippen LogP contribution is -2.36. The van der Waals surface area contributed by atoms with Crippen molar-refractivity contribution in [1.29, 1.82) is 0 Å². The van der Waals surface area contributed by atoms with E-state index in [1.807, 2.05) is 0 Å². The number of carbonyl (C=O) groups excluding carboxylic acids is 2. The van der Waals surface area contributed by atoms with Crippen molar-refractivity contribution in [2.75, 3.05) is 26.7 Å². The summed E-state index contributed by atoms with van der Waals surface area (Å²) < 4.78 is 0. The number of aliphatic hydroxyl groups excluding tert-OH is 1. The van der Waals surface area contributed by atoms with Gasteiger partial charge in [0.15, 0.2) is 0 Å². The predicted molar refractivity (Wildman–Crippen MR) is 66.7 cm³/mol. The van der Waals surface area contributed by atoms with Gasteiger partial charge in [-0.15, -0.1) is 0 Å². The van der Waals surface area contributed by atoms with Crippen molar-refractivity contribution < 1.29 is 14.7 Å². The average Bonchev–Trinajstić information content (AvgIpc) is 2.93. The lowest BCUT2D eigenvalue weighted by molar-refractivity contribution is -0.128. The third kappa shape index (κ3) is 2.83. The molecule has 0 aromatic heterocycles. The molecule has 102 valence electrons. The van der Waals surface area contributed by atoms with Crippen LogP contribution in [0.4, 0.5) is 0 Å². The minimum atomic E-state index is -0.198. The molecule has 0 aromatic carbocycles. The third-order valence-corrected chi connectivity index (χ3v) is 4.30. The highest BCUT2D eigenvalue weighted by Gasteiger charge is 2.33. The molecule has 5 heteroatoms. The quantitative estimate of drug-likeness (QED) is 0.741. The zero-order valence-electron chi connectivity index (χ0n) is 10.9. The molecule has 1 aliphatic carbocycles. The summed E-state index contributed by atoms with van der Waals surface area (Å²) in [5.74, 6) is 0.559. The molecule has 3 atom stereocenters. The van der Waals surface area contributed by atoms with Gasteiger partial charge in [0.1, 0.15) is 0 Å². The van der Waals surface area contributed by atoms with E-state index in [0.29, 0.717) is 31.3 Å². The lowest BCUT2D eigenvalue weighted by atomic mass is 9.96. The largest absolute Gasteiger partial charge is 0.396 e. The van der Waals surface area contributed by atoms with Crippen LogP contribution >= 0.6 is 0 Å². The minimum absolute atomic E-state index is 0.0173. The van der Waals surface area contributed by atoms with Gasteiger partial charge in [0.2, 0.25) is 11.8 Å². The standard InChI is InChI=1S/C13H22N2O3/c1-15-7-11(5-12(15)17)13(18)14-6-9-3-2-4-10(9)8-16/h9-11,16H,2-8H2,1H3,(H,14,18). The van der Waals surface area contributed by atoms with Crippen molar-refractivity contribution in [3.05, 3.63) is 0 Å². The van der Waals surface area contributed by atoms with E-state index in [1.165, 1.54) is 0 Å². The molecule has 2 N–H and O–H groups in total. The maximum atomic E-state index is 11.9. The van der Waals surface area contributed by atoms with Crippen LogP contribution in [0.2, 0.25) is 0 Å². The Balaban J connectivity index is 1.77. The molecular weight excluding hydrogens is 232 g/mol. The highest BCUT2D eigenvalue weighted by molar-refractivity contribution is 5.89. The van der Waals surface area contributed by atoms with Gasteiger partial charge in [-0.1, -0.05) is 6.42 Å². The van der Waals surface area contributed by atoms with E-state index in [9.17, 15) is 14.7 Å². The van der Waals surface area contributed by atoms with Gasteiger partial charge in [-0.2, -0.15) is 0 Å². The van der Waals surface area contributed by atoms with Crippen LogP contribution in [0.1, 0.15) is 25.7 Å². The first-order valence-corrected chi connectivity index (χ1v) is 6.74. The number of hydrogen-bond acceptors (Lipinski definition) is 3. The summed E-state index contributed by atoms with van der Waals surface area (Å²) in [5.41, 5.74) is 0. The zero-order chi connectivity index (χ0) is 13.1. The van der Waals surface area contributed by atoms with Crippen LogP contribution < -0.4 is 5.32 Å². The summed E-state index contributed by atoms with van der Waals surface area (Å²) in [6.45, 7) is 1.38. The normalized spacial score (nSPS) is 32.0. The number of nitrogens with zero attached hydrogens (tertiary/aromatic N) is 1. The number of rotatable bonds is 4. The van der Waals surface area contributed by atoms with Crippen molar-refractivity contribution in [1.82, 2.24) is 10.2 Å². The van der Waals surface area contributed by atoms with E-state index in [4.69, 9.17) is 0 Å². The molecule has 0 spiro atoms. The number of aliphatic hydroxyl groups is 1. The summed E-state index contributed by atoms with van der Waals surface area (Å²) in [6, 6.07) is 0. The van der Waals surface area contributed by atoms with Crippen LogP contribution in [0.25, 0.3) is 0 Å². The van der Waals surface area contributed by atoms with Crippen molar-refractivity contribution in [3.8, 4) is 0 Å². The first kappa shape index (κ1) is 13.3. The van der Waals surface area contributed by atoms with E-state index in [2.05, 4.69) is 5.32 Å². The van der Waals surface area contributed by atoms with Gasteiger partial charge in [0.25, 0.3) is 0 Å². The topological polar surface area (TPSA) is 69.6 Å². The molecule has 0 aromatic rings. The van der Waals surface area contributed by atoms with Crippen LogP contribution in [-0.2, 0) is 9.59 Å². The van der Waals surface area contributed by atoms with Crippen LogP contribution in [0.15, 0.2) is 0 Å². The SMILES string of the molecule is CN1CC(C(=O)NCC2CCCC2CO)CC1=O. The summed E-state index contributed by atoms with van der Waals surface area (Å²) in [5, 5.41) is 12.2. The zero-order valence-corrected chi connectivity index (χ0v) is 10.9. The predicted octanol–water partition coefficient (Wildman–Crippen LogP) is -0.0105. The number of hydrogen-bond donors (Lipinski definition) is 2. The van der Waals surface area contributed by atoms with Crippen molar-refractivity contribution in [2.45, 2.75) is 25.7 Å². The molecule has 5 nitrogen and oxygen atoms in total. The van der Waals surface area contributed by atoms with Crippen LogP contribution in [0.5, 0.6) is 0 Å². The molecule has 2 rings (SSSR count). The van der Waals surface area contributed by atoms with Gasteiger partial charge >= 0.3 is 0 Å². The molecule has 2 amide bonds. The minimum Gasteiger partial charge on any atom is -0.396 e.